The van der Waals surface area contributed by atoms with Crippen LogP contribution in [0.5, 0.6) is 0 Å². The average Bonchev–Trinajstić information content (AvgIpc) is 3.47. The predicted octanol–water partition coefficient (Wildman–Crippen LogP) is 19.7. The summed E-state index contributed by atoms with van der Waals surface area (Å²) in [7, 11) is -9.83. The molecule has 424 valence electrons. The van der Waals surface area contributed by atoms with E-state index in [0.717, 1.165) is 37.4 Å². The van der Waals surface area contributed by atoms with E-state index in [9.17, 15) is 0 Å². The van der Waals surface area contributed by atoms with Crippen LogP contribution in [0, 0.1) is 0 Å². The Morgan fingerprint density at radius 1 is 0.421 bits per heavy atom. The summed E-state index contributed by atoms with van der Waals surface area (Å²) in [6.45, 7) is 21.1. The minimum Gasteiger partial charge on any atom is -0.166 e. The van der Waals surface area contributed by atoms with E-state index in [1.807, 2.05) is 12.1 Å². The number of hydrogen-bond donors (Lipinski definition) is 1. The molecule has 0 aliphatic heterocycles. The van der Waals surface area contributed by atoms with Crippen molar-refractivity contribution in [2.75, 3.05) is 0 Å². The summed E-state index contributed by atoms with van der Waals surface area (Å²) in [5, 5.41) is 8.90. The van der Waals surface area contributed by atoms with Crippen molar-refractivity contribution in [1.29, 1.82) is 0 Å². The molecule has 1 atom stereocenters. The Labute approximate surface area is 470 Å². The van der Waals surface area contributed by atoms with Crippen molar-refractivity contribution < 1.29 is 13.2 Å². The fraction of sp³-hybridized carbons (Fsp3) is 0.642. The van der Waals surface area contributed by atoms with Crippen LogP contribution in [0.3, 0.4) is 0 Å². The molecule has 1 fully saturated rings. The average molecular weight is 1130 g/mol. The number of nitrogens with one attached hydrogen (secondary N) is 1. The zero-order chi connectivity index (χ0) is 54.9. The summed E-state index contributed by atoms with van der Waals surface area (Å²) in [5.41, 5.74) is -0.350. The quantitative estimate of drug-likeness (QED) is 0.0351. The lowest BCUT2D eigenvalue weighted by molar-refractivity contribution is -0.136. The van der Waals surface area contributed by atoms with Crippen LogP contribution in [0.2, 0.25) is 54.4 Å². The van der Waals surface area contributed by atoms with Gasteiger partial charge < -0.3 is 0 Å². The summed E-state index contributed by atoms with van der Waals surface area (Å²) in [5.74, 6) is 0. The summed E-state index contributed by atoms with van der Waals surface area (Å²) in [6.07, 6.45) is 23.1. The van der Waals surface area contributed by atoms with Crippen LogP contribution in [0.25, 0.3) is 0 Å². The van der Waals surface area contributed by atoms with Gasteiger partial charge in [-0.2, -0.15) is 18.0 Å². The molecule has 0 spiro atoms. The molecule has 0 amide bonds. The Kier molecular flexibility index (Phi) is 28.3. The number of hydrogen-bond acceptors (Lipinski definition) is 1. The Bertz CT molecular complexity index is 2050. The monoisotopic (exact) mass is 1130 g/mol. The maximum Gasteiger partial charge on any atom is 0.420 e. The molecule has 5 rings (SSSR count). The first kappa shape index (κ1) is 65.0. The molecule has 0 heterocycles. The van der Waals surface area contributed by atoms with Crippen LogP contribution in [0.1, 0.15) is 216 Å². The molecule has 76 heavy (non-hydrogen) atoms. The van der Waals surface area contributed by atoms with E-state index in [4.69, 9.17) is 0 Å². The van der Waals surface area contributed by atoms with Crippen molar-refractivity contribution >= 4 is 76.5 Å². The Balaban J connectivity index is 1.87. The van der Waals surface area contributed by atoms with Gasteiger partial charge in [-0.05, 0) is 60.6 Å². The van der Waals surface area contributed by atoms with Gasteiger partial charge in [0.2, 0.25) is 0 Å². The van der Waals surface area contributed by atoms with Crippen LogP contribution < -0.4 is 41.6 Å². The Hall–Kier alpha value is -1.86. The highest BCUT2D eigenvalue weighted by Crippen LogP contribution is 2.66. The zero-order valence-corrected chi connectivity index (χ0v) is 54.8. The molecule has 1 unspecified atom stereocenters. The topological polar surface area (TPSA) is 12.0 Å². The number of unbranched alkanes of at least 4 members (excludes halogenated alkanes) is 9. The molecule has 0 bridgehead atoms. The van der Waals surface area contributed by atoms with Crippen LogP contribution in [-0.2, 0) is 6.18 Å². The lowest BCUT2D eigenvalue weighted by atomic mass is 10.0. The van der Waals surface area contributed by atoms with Gasteiger partial charge in [-0.15, -0.1) is 0 Å². The van der Waals surface area contributed by atoms with Gasteiger partial charge in [0.15, 0.2) is 7.41 Å². The molecule has 1 nitrogen and oxygen atoms in total. The van der Waals surface area contributed by atoms with Gasteiger partial charge in [0.25, 0.3) is 0 Å². The summed E-state index contributed by atoms with van der Waals surface area (Å²) in [4.78, 5) is 4.61. The van der Waals surface area contributed by atoms with E-state index in [2.05, 4.69) is 140 Å². The third-order valence-corrected chi connectivity index (χ3v) is 42.4. The van der Waals surface area contributed by atoms with Gasteiger partial charge in [0.05, 0.1) is 43.5 Å². The molecule has 1 saturated carbocycles. The lowest BCUT2D eigenvalue weighted by Crippen LogP contribution is -2.49. The van der Waals surface area contributed by atoms with Crippen molar-refractivity contribution in [3.63, 3.8) is 0 Å². The van der Waals surface area contributed by atoms with E-state index in [1.165, 1.54) is 192 Å². The second kappa shape index (κ2) is 33.2. The van der Waals surface area contributed by atoms with Crippen molar-refractivity contribution in [2.45, 2.75) is 276 Å². The van der Waals surface area contributed by atoms with Gasteiger partial charge in [-0.25, -0.2) is 0 Å². The fourth-order valence-electron chi connectivity index (χ4n) is 13.7. The molecule has 9 heteroatoms. The van der Waals surface area contributed by atoms with Crippen molar-refractivity contribution in [3.8, 4) is 0 Å². The maximum atomic E-state index is 16.1. The summed E-state index contributed by atoms with van der Waals surface area (Å²) < 4.78 is 48.2. The molecule has 1 aliphatic carbocycles. The number of alkyl halides is 3. The first-order chi connectivity index (χ1) is 36.9. The largest absolute Gasteiger partial charge is 0.420 e. The van der Waals surface area contributed by atoms with E-state index in [1.54, 1.807) is 16.4 Å². The molecular weight excluding hydrogens is 1020 g/mol. The summed E-state index contributed by atoms with van der Waals surface area (Å²) in [6, 6.07) is 48.6. The molecule has 1 N–H and O–H groups in total. The van der Waals surface area contributed by atoms with Crippen molar-refractivity contribution in [2.24, 2.45) is 0 Å². The Morgan fingerprint density at radius 2 is 0.724 bits per heavy atom. The third kappa shape index (κ3) is 16.9. The SMILES string of the molecule is CCCC[Si](CCCC)(CCCC)c1ccc(P(N[P+](c2ccc([Si](CCCC)(CCCC)CCCC)cc2)(c2ccccc2C(F)(F)F)C2CCCCC2)c2ccc([Si](CCCC)(CCCC)CCCC)cc2)cc1. The third-order valence-electron chi connectivity index (χ3n) is 18.4. The maximum absolute atomic E-state index is 16.1. The number of benzene rings is 4. The second-order valence-corrected chi connectivity index (χ2v) is 43.5. The zero-order valence-electron chi connectivity index (χ0n) is 50.0. The van der Waals surface area contributed by atoms with Crippen LogP contribution in [0.15, 0.2) is 97.1 Å². The smallest absolute Gasteiger partial charge is 0.166 e. The van der Waals surface area contributed by atoms with Gasteiger partial charge in [0, 0.05) is 0 Å². The lowest BCUT2D eigenvalue weighted by Gasteiger charge is -2.40. The van der Waals surface area contributed by atoms with Crippen molar-refractivity contribution in [1.82, 2.24) is 4.86 Å². The van der Waals surface area contributed by atoms with Crippen LogP contribution in [0.4, 0.5) is 13.2 Å². The molecular formula is C67H109F3NP2Si3+. The molecule has 4 aromatic carbocycles. The normalized spacial score (nSPS) is 14.9. The number of halogens is 3. The van der Waals surface area contributed by atoms with Gasteiger partial charge in [-0.1, -0.05) is 327 Å². The minimum absolute atomic E-state index is 0.0933. The van der Waals surface area contributed by atoms with Gasteiger partial charge in [0.1, 0.15) is 10.6 Å². The predicted molar refractivity (Wildman–Crippen MR) is 347 cm³/mol. The fourth-order valence-corrected chi connectivity index (χ4v) is 39.1. The van der Waals surface area contributed by atoms with E-state index >= 15 is 13.2 Å². The van der Waals surface area contributed by atoms with E-state index in [-0.39, 0.29) is 5.66 Å². The summed E-state index contributed by atoms with van der Waals surface area (Å²) >= 11 is 0. The van der Waals surface area contributed by atoms with Crippen LogP contribution in [-0.4, -0.2) is 29.9 Å². The van der Waals surface area contributed by atoms with Gasteiger partial charge in [-0.3, -0.25) is 0 Å². The van der Waals surface area contributed by atoms with Crippen molar-refractivity contribution in [3.05, 3.63) is 103 Å². The number of rotatable bonds is 37. The second-order valence-electron chi connectivity index (χ2n) is 23.9. The highest BCUT2D eigenvalue weighted by atomic mass is 31.2. The molecule has 4 aromatic rings. The highest BCUT2D eigenvalue weighted by Gasteiger charge is 2.56. The molecule has 0 radical (unpaired) electrons. The molecule has 0 saturated heterocycles. The first-order valence-corrected chi connectivity index (χ1v) is 42.9. The molecule has 0 aromatic heterocycles. The van der Waals surface area contributed by atoms with Crippen LogP contribution >= 0.6 is 15.5 Å². The standard InChI is InChI=1S/C67H109F3NP2Si3/c1-10-19-49-74(50-20-11-2,51-21-12-3)62-43-37-58(38-44-62)72(59-39-45-63(46-40-59)75(52-22-13-4,53-23-14-5)54-24-15-6)71-73(60-33-29-28-30-34-60,66-36-32-31-35-65(66)67(68,69)70)61-41-47-64(48-42-61)76(55-25-16-7,56-26-17-8)57-27-18-9/h31-32,35-48,60,71H,10-30,33-34,49-57H2,1-9H3/q+1. The minimum atomic E-state index is -4.49. The van der Waals surface area contributed by atoms with E-state index in [0.29, 0.717) is 5.30 Å². The highest BCUT2D eigenvalue weighted by molar-refractivity contribution is 7.96. The van der Waals surface area contributed by atoms with Gasteiger partial charge >= 0.3 is 6.18 Å². The molecule has 1 aliphatic rings. The Morgan fingerprint density at radius 3 is 1.03 bits per heavy atom. The van der Waals surface area contributed by atoms with E-state index < -0.39 is 51.4 Å². The first-order valence-electron chi connectivity index (χ1n) is 31.8.